The highest BCUT2D eigenvalue weighted by atomic mass is 16.5. The molecule has 0 unspecified atom stereocenters. The molecule has 6 heteroatoms. The number of fused-ring (bicyclic) bond motifs is 3. The van der Waals surface area contributed by atoms with Crippen LogP contribution >= 0.6 is 0 Å². The quantitative estimate of drug-likeness (QED) is 0.685. The summed E-state index contributed by atoms with van der Waals surface area (Å²) in [6.45, 7) is 1.98. The lowest BCUT2D eigenvalue weighted by atomic mass is 10.2. The number of rotatable bonds is 2. The highest BCUT2D eigenvalue weighted by molar-refractivity contribution is 6.08. The van der Waals surface area contributed by atoms with Crippen molar-refractivity contribution in [2.45, 2.75) is 6.92 Å². The lowest BCUT2D eigenvalue weighted by Gasteiger charge is -2.00. The van der Waals surface area contributed by atoms with E-state index in [-0.39, 0.29) is 18.2 Å². The number of nitrogens with one attached hydrogen (secondary N) is 1. The van der Waals surface area contributed by atoms with E-state index >= 15 is 0 Å². The summed E-state index contributed by atoms with van der Waals surface area (Å²) in [5, 5.41) is 10.5. The molecular weight excluding hydrogens is 246 g/mol. The molecule has 3 aromatic rings. The van der Waals surface area contributed by atoms with Crippen LogP contribution in [0, 0.1) is 0 Å². The van der Waals surface area contributed by atoms with Gasteiger partial charge in [0.15, 0.2) is 0 Å². The van der Waals surface area contributed by atoms with Crippen LogP contribution in [-0.4, -0.2) is 32.6 Å². The second-order valence-electron chi connectivity index (χ2n) is 4.00. The van der Waals surface area contributed by atoms with Crippen LogP contribution in [0.4, 0.5) is 0 Å². The fourth-order valence-corrected chi connectivity index (χ4v) is 2.00. The molecule has 0 amide bonds. The van der Waals surface area contributed by atoms with E-state index < -0.39 is 5.97 Å². The number of benzene rings is 1. The SMILES string of the molecule is CCOC(=O)c1ncc2[nH]c3cccc(O)c3c2n1. The smallest absolute Gasteiger partial charge is 0.376 e. The third-order valence-electron chi connectivity index (χ3n) is 2.80. The first kappa shape index (κ1) is 11.5. The maximum absolute atomic E-state index is 11.6. The Kier molecular flexibility index (Phi) is 2.56. The van der Waals surface area contributed by atoms with Crippen LogP contribution in [0.5, 0.6) is 5.75 Å². The first-order valence-corrected chi connectivity index (χ1v) is 5.84. The second-order valence-corrected chi connectivity index (χ2v) is 4.00. The van der Waals surface area contributed by atoms with Crippen molar-refractivity contribution in [2.24, 2.45) is 0 Å². The molecule has 0 aliphatic carbocycles. The van der Waals surface area contributed by atoms with E-state index in [1.165, 1.54) is 6.20 Å². The van der Waals surface area contributed by atoms with Gasteiger partial charge in [-0.15, -0.1) is 0 Å². The first-order chi connectivity index (χ1) is 9.20. The number of phenols is 1. The Bertz CT molecular complexity index is 779. The lowest BCUT2D eigenvalue weighted by Crippen LogP contribution is -2.09. The van der Waals surface area contributed by atoms with Crippen LogP contribution in [0.25, 0.3) is 21.9 Å². The number of carbonyl (C=O) groups is 1. The Labute approximate surface area is 108 Å². The van der Waals surface area contributed by atoms with E-state index in [0.717, 1.165) is 5.52 Å². The fraction of sp³-hybridized carbons (Fsp3) is 0.154. The van der Waals surface area contributed by atoms with Crippen molar-refractivity contribution in [1.29, 1.82) is 0 Å². The van der Waals surface area contributed by atoms with Gasteiger partial charge in [-0.25, -0.2) is 14.8 Å². The number of aromatic nitrogens is 3. The molecule has 0 aliphatic heterocycles. The number of aromatic amines is 1. The van der Waals surface area contributed by atoms with Gasteiger partial charge >= 0.3 is 5.97 Å². The molecule has 19 heavy (non-hydrogen) atoms. The molecule has 0 radical (unpaired) electrons. The Morgan fingerprint density at radius 3 is 3.05 bits per heavy atom. The van der Waals surface area contributed by atoms with E-state index in [4.69, 9.17) is 4.74 Å². The normalized spacial score (nSPS) is 11.0. The summed E-state index contributed by atoms with van der Waals surface area (Å²) >= 11 is 0. The minimum absolute atomic E-state index is 0.0153. The number of esters is 1. The Morgan fingerprint density at radius 2 is 2.26 bits per heavy atom. The van der Waals surface area contributed by atoms with Gasteiger partial charge in [-0.3, -0.25) is 0 Å². The van der Waals surface area contributed by atoms with Crippen molar-refractivity contribution in [3.05, 3.63) is 30.2 Å². The van der Waals surface area contributed by atoms with Gasteiger partial charge in [-0.05, 0) is 19.1 Å². The van der Waals surface area contributed by atoms with Crippen LogP contribution in [0.1, 0.15) is 17.5 Å². The van der Waals surface area contributed by atoms with Crippen LogP contribution in [0.2, 0.25) is 0 Å². The maximum Gasteiger partial charge on any atom is 0.376 e. The predicted octanol–water partition coefficient (Wildman–Crippen LogP) is 1.99. The Morgan fingerprint density at radius 1 is 1.42 bits per heavy atom. The number of nitrogens with zero attached hydrogens (tertiary/aromatic N) is 2. The van der Waals surface area contributed by atoms with Crippen molar-refractivity contribution in [3.63, 3.8) is 0 Å². The van der Waals surface area contributed by atoms with Crippen LogP contribution in [-0.2, 0) is 4.74 Å². The first-order valence-electron chi connectivity index (χ1n) is 5.84. The molecule has 0 fully saturated rings. The summed E-state index contributed by atoms with van der Waals surface area (Å²) in [4.78, 5) is 22.8. The summed E-state index contributed by atoms with van der Waals surface area (Å²) in [6, 6.07) is 5.12. The summed E-state index contributed by atoms with van der Waals surface area (Å²) in [7, 11) is 0. The standard InChI is InChI=1S/C13H11N3O3/c1-2-19-13(18)12-14-6-8-11(16-12)10-7(15-8)4-3-5-9(10)17/h3-6,15,17H,2H2,1H3. The summed E-state index contributed by atoms with van der Waals surface area (Å²) in [5.74, 6) is -0.482. The lowest BCUT2D eigenvalue weighted by molar-refractivity contribution is 0.0512. The van der Waals surface area contributed by atoms with Crippen molar-refractivity contribution in [1.82, 2.24) is 15.0 Å². The highest BCUT2D eigenvalue weighted by Gasteiger charge is 2.15. The molecule has 2 heterocycles. The van der Waals surface area contributed by atoms with Gasteiger partial charge in [0.05, 0.1) is 29.2 Å². The predicted molar refractivity (Wildman–Crippen MR) is 69.0 cm³/mol. The average Bonchev–Trinajstić information content (AvgIpc) is 2.77. The number of H-pyrrole nitrogens is 1. The topological polar surface area (TPSA) is 88.1 Å². The van der Waals surface area contributed by atoms with Gasteiger partial charge < -0.3 is 14.8 Å². The second kappa shape index (κ2) is 4.24. The average molecular weight is 257 g/mol. The van der Waals surface area contributed by atoms with Gasteiger partial charge in [0.25, 0.3) is 0 Å². The van der Waals surface area contributed by atoms with Crippen LogP contribution in [0.15, 0.2) is 24.4 Å². The summed E-state index contributed by atoms with van der Waals surface area (Å²) in [6.07, 6.45) is 1.51. The van der Waals surface area contributed by atoms with E-state index in [1.54, 1.807) is 19.1 Å². The number of aromatic hydroxyl groups is 1. The van der Waals surface area contributed by atoms with Crippen molar-refractivity contribution in [2.75, 3.05) is 6.61 Å². The largest absolute Gasteiger partial charge is 0.507 e. The van der Waals surface area contributed by atoms with E-state index in [0.29, 0.717) is 16.4 Å². The molecule has 0 saturated carbocycles. The number of ether oxygens (including phenoxy) is 1. The molecular formula is C13H11N3O3. The maximum atomic E-state index is 11.6. The van der Waals surface area contributed by atoms with Gasteiger partial charge in [0.2, 0.25) is 5.82 Å². The number of hydrogen-bond acceptors (Lipinski definition) is 5. The molecule has 6 nitrogen and oxygen atoms in total. The van der Waals surface area contributed by atoms with Gasteiger partial charge in [0.1, 0.15) is 11.3 Å². The van der Waals surface area contributed by atoms with Crippen molar-refractivity contribution >= 4 is 27.9 Å². The summed E-state index contributed by atoms with van der Waals surface area (Å²) < 4.78 is 4.86. The van der Waals surface area contributed by atoms with E-state index in [2.05, 4.69) is 15.0 Å². The third-order valence-corrected chi connectivity index (χ3v) is 2.80. The fourth-order valence-electron chi connectivity index (χ4n) is 2.00. The van der Waals surface area contributed by atoms with Crippen molar-refractivity contribution in [3.8, 4) is 5.75 Å². The molecule has 0 atom stereocenters. The molecule has 96 valence electrons. The number of phenolic OH excluding ortho intramolecular Hbond substituents is 1. The van der Waals surface area contributed by atoms with Gasteiger partial charge in [0, 0.05) is 0 Å². The highest BCUT2D eigenvalue weighted by Crippen LogP contribution is 2.30. The van der Waals surface area contributed by atoms with Crippen LogP contribution < -0.4 is 0 Å². The molecule has 0 aliphatic rings. The minimum atomic E-state index is -0.575. The zero-order valence-electron chi connectivity index (χ0n) is 10.2. The van der Waals surface area contributed by atoms with Crippen molar-refractivity contribution < 1.29 is 14.6 Å². The molecule has 3 rings (SSSR count). The Balaban J connectivity index is 2.26. The molecule has 2 N–H and O–H groups in total. The minimum Gasteiger partial charge on any atom is -0.507 e. The molecule has 0 saturated heterocycles. The number of carbonyl (C=O) groups excluding carboxylic acids is 1. The Hall–Kier alpha value is -2.63. The summed E-state index contributed by atoms with van der Waals surface area (Å²) in [5.41, 5.74) is 1.90. The molecule has 2 aromatic heterocycles. The van der Waals surface area contributed by atoms with E-state index in [9.17, 15) is 9.90 Å². The molecule has 0 spiro atoms. The monoisotopic (exact) mass is 257 g/mol. The van der Waals surface area contributed by atoms with E-state index in [1.807, 2.05) is 6.07 Å². The number of hydrogen-bond donors (Lipinski definition) is 2. The zero-order valence-corrected chi connectivity index (χ0v) is 10.2. The van der Waals surface area contributed by atoms with Gasteiger partial charge in [-0.2, -0.15) is 0 Å². The molecule has 0 bridgehead atoms. The zero-order chi connectivity index (χ0) is 13.4. The molecule has 1 aromatic carbocycles. The van der Waals surface area contributed by atoms with Gasteiger partial charge in [-0.1, -0.05) is 6.07 Å². The van der Waals surface area contributed by atoms with Crippen LogP contribution in [0.3, 0.4) is 0 Å². The third kappa shape index (κ3) is 1.77.